The highest BCUT2D eigenvalue weighted by Crippen LogP contribution is 2.37. The third-order valence-electron chi connectivity index (χ3n) is 2.44. The summed E-state index contributed by atoms with van der Waals surface area (Å²) in [5.74, 6) is 0. The number of rotatable bonds is 3. The standard InChI is InChI=1S/C10H16N3O3/c1-4-7-5-6-8(13(2,3)16)10(9(7)11)12(14)15/h5-6,16H,4,11H2,1-3H3/q+1. The van der Waals surface area contributed by atoms with Crippen molar-refractivity contribution in [3.05, 3.63) is 27.8 Å². The van der Waals surface area contributed by atoms with Crippen molar-refractivity contribution in [1.29, 1.82) is 0 Å². The Labute approximate surface area is 93.6 Å². The van der Waals surface area contributed by atoms with Crippen molar-refractivity contribution >= 4 is 17.1 Å². The Kier molecular flexibility index (Phi) is 3.16. The number of nitro benzene ring substituents is 1. The van der Waals surface area contributed by atoms with Crippen LogP contribution in [0.1, 0.15) is 12.5 Å². The molecule has 3 N–H and O–H groups in total. The van der Waals surface area contributed by atoms with Crippen molar-refractivity contribution in [3.8, 4) is 0 Å². The van der Waals surface area contributed by atoms with Gasteiger partial charge in [-0.1, -0.05) is 13.0 Å². The van der Waals surface area contributed by atoms with E-state index in [-0.39, 0.29) is 17.1 Å². The van der Waals surface area contributed by atoms with Crippen molar-refractivity contribution in [3.63, 3.8) is 0 Å². The Morgan fingerprint density at radius 2 is 2.06 bits per heavy atom. The Morgan fingerprint density at radius 1 is 1.50 bits per heavy atom. The largest absolute Gasteiger partial charge is 0.393 e. The summed E-state index contributed by atoms with van der Waals surface area (Å²) < 4.78 is -0.621. The number of nitrogens with zero attached hydrogens (tertiary/aromatic N) is 2. The molecule has 0 aliphatic carbocycles. The number of nitro groups is 1. The molecule has 6 nitrogen and oxygen atoms in total. The predicted octanol–water partition coefficient (Wildman–Crippen LogP) is 1.70. The Morgan fingerprint density at radius 3 is 2.44 bits per heavy atom. The molecule has 16 heavy (non-hydrogen) atoms. The highest BCUT2D eigenvalue weighted by Gasteiger charge is 2.32. The Hall–Kier alpha value is -1.66. The topological polar surface area (TPSA) is 89.4 Å². The fraction of sp³-hybridized carbons (Fsp3) is 0.400. The van der Waals surface area contributed by atoms with Gasteiger partial charge in [-0.3, -0.25) is 10.1 Å². The van der Waals surface area contributed by atoms with E-state index in [1.54, 1.807) is 6.07 Å². The first-order valence-electron chi connectivity index (χ1n) is 4.92. The average Bonchev–Trinajstić information content (AvgIpc) is 2.15. The van der Waals surface area contributed by atoms with E-state index in [0.29, 0.717) is 12.0 Å². The van der Waals surface area contributed by atoms with Crippen LogP contribution in [0.5, 0.6) is 0 Å². The summed E-state index contributed by atoms with van der Waals surface area (Å²) in [6, 6.07) is 3.24. The monoisotopic (exact) mass is 226 g/mol. The summed E-state index contributed by atoms with van der Waals surface area (Å²) in [6.07, 6.45) is 0.617. The molecule has 0 amide bonds. The summed E-state index contributed by atoms with van der Waals surface area (Å²) in [5, 5.41) is 20.7. The van der Waals surface area contributed by atoms with Gasteiger partial charge in [0.1, 0.15) is 19.8 Å². The van der Waals surface area contributed by atoms with Gasteiger partial charge in [0, 0.05) is 6.07 Å². The van der Waals surface area contributed by atoms with Gasteiger partial charge in [-0.2, -0.15) is 0 Å². The van der Waals surface area contributed by atoms with E-state index in [0.717, 1.165) is 0 Å². The first kappa shape index (κ1) is 12.4. The molecule has 0 heterocycles. The molecular weight excluding hydrogens is 210 g/mol. The molecule has 88 valence electrons. The summed E-state index contributed by atoms with van der Waals surface area (Å²) in [6.45, 7) is 1.87. The van der Waals surface area contributed by atoms with Crippen LogP contribution in [-0.4, -0.2) is 24.2 Å². The third-order valence-corrected chi connectivity index (χ3v) is 2.44. The molecule has 0 spiro atoms. The summed E-state index contributed by atoms with van der Waals surface area (Å²) in [7, 11) is 2.88. The fourth-order valence-corrected chi connectivity index (χ4v) is 1.58. The lowest BCUT2D eigenvalue weighted by atomic mass is 10.1. The minimum atomic E-state index is -0.621. The minimum absolute atomic E-state index is 0.130. The third kappa shape index (κ3) is 2.12. The maximum atomic E-state index is 11.0. The normalized spacial score (nSPS) is 11.5. The quantitative estimate of drug-likeness (QED) is 0.355. The molecule has 6 heteroatoms. The summed E-state index contributed by atoms with van der Waals surface area (Å²) in [4.78, 5) is 10.4. The molecule has 0 aromatic heterocycles. The number of benzene rings is 1. The van der Waals surface area contributed by atoms with Crippen LogP contribution in [0.25, 0.3) is 0 Å². The molecule has 1 aromatic carbocycles. The molecular formula is C10H16N3O3+. The second kappa shape index (κ2) is 4.07. The van der Waals surface area contributed by atoms with Crippen molar-refractivity contribution in [2.45, 2.75) is 13.3 Å². The zero-order chi connectivity index (χ0) is 12.5. The van der Waals surface area contributed by atoms with Crippen LogP contribution < -0.4 is 10.4 Å². The number of nitrogen functional groups attached to an aromatic ring is 1. The van der Waals surface area contributed by atoms with Gasteiger partial charge in [-0.15, -0.1) is 4.65 Å². The van der Waals surface area contributed by atoms with Crippen LogP contribution in [-0.2, 0) is 6.42 Å². The van der Waals surface area contributed by atoms with Gasteiger partial charge in [0.25, 0.3) is 0 Å². The number of aryl methyl sites for hydroxylation is 1. The van der Waals surface area contributed by atoms with Crippen molar-refractivity contribution in [1.82, 2.24) is 4.65 Å². The van der Waals surface area contributed by atoms with Crippen LogP contribution in [0, 0.1) is 10.1 Å². The molecule has 1 rings (SSSR count). The second-order valence-corrected chi connectivity index (χ2v) is 4.01. The van der Waals surface area contributed by atoms with Crippen molar-refractivity contribution in [2.75, 3.05) is 19.8 Å². The van der Waals surface area contributed by atoms with Gasteiger partial charge in [0.2, 0.25) is 5.69 Å². The second-order valence-electron chi connectivity index (χ2n) is 4.01. The lowest BCUT2D eigenvalue weighted by Gasteiger charge is -2.19. The van der Waals surface area contributed by atoms with Crippen LogP contribution >= 0.6 is 0 Å². The molecule has 0 atom stereocenters. The molecule has 0 aliphatic heterocycles. The number of nitrogens with two attached hydrogens (primary N) is 1. The van der Waals surface area contributed by atoms with Crippen LogP contribution in [0.3, 0.4) is 0 Å². The number of hydroxylamine groups is 2. The molecule has 0 unspecified atom stereocenters. The predicted molar refractivity (Wildman–Crippen MR) is 62.3 cm³/mol. The van der Waals surface area contributed by atoms with Crippen molar-refractivity contribution in [2.24, 2.45) is 0 Å². The lowest BCUT2D eigenvalue weighted by Crippen LogP contribution is -2.36. The number of anilines is 1. The molecule has 0 saturated carbocycles. The van der Waals surface area contributed by atoms with Gasteiger partial charge in [0.05, 0.1) is 4.92 Å². The van der Waals surface area contributed by atoms with Crippen LogP contribution in [0.4, 0.5) is 17.1 Å². The highest BCUT2D eigenvalue weighted by molar-refractivity contribution is 5.76. The molecule has 0 bridgehead atoms. The van der Waals surface area contributed by atoms with E-state index < -0.39 is 9.57 Å². The van der Waals surface area contributed by atoms with E-state index in [1.165, 1.54) is 20.2 Å². The maximum Gasteiger partial charge on any atom is 0.355 e. The lowest BCUT2D eigenvalue weighted by molar-refractivity contribution is -0.384. The molecule has 0 aliphatic rings. The SMILES string of the molecule is CCc1ccc([N+](C)(C)O)c([N+](=O)[O-])c1N. The van der Waals surface area contributed by atoms with E-state index >= 15 is 0 Å². The minimum Gasteiger partial charge on any atom is -0.393 e. The van der Waals surface area contributed by atoms with Gasteiger partial charge in [-0.05, 0) is 12.0 Å². The number of quaternary nitrogens is 1. The highest BCUT2D eigenvalue weighted by atomic mass is 16.6. The van der Waals surface area contributed by atoms with E-state index in [1.807, 2.05) is 6.92 Å². The molecule has 0 saturated heterocycles. The van der Waals surface area contributed by atoms with Gasteiger partial charge < -0.3 is 5.73 Å². The number of hydrogen-bond acceptors (Lipinski definition) is 4. The van der Waals surface area contributed by atoms with E-state index in [9.17, 15) is 15.3 Å². The van der Waals surface area contributed by atoms with Gasteiger partial charge >= 0.3 is 5.69 Å². The smallest absolute Gasteiger partial charge is 0.355 e. The van der Waals surface area contributed by atoms with Crippen molar-refractivity contribution < 1.29 is 10.1 Å². The zero-order valence-electron chi connectivity index (χ0n) is 9.60. The summed E-state index contributed by atoms with van der Waals surface area (Å²) in [5.41, 5.74) is 6.54. The summed E-state index contributed by atoms with van der Waals surface area (Å²) >= 11 is 0. The fourth-order valence-electron chi connectivity index (χ4n) is 1.58. The first-order chi connectivity index (χ1) is 7.29. The molecule has 0 radical (unpaired) electrons. The number of hydrogen-bond donors (Lipinski definition) is 2. The molecule has 0 fully saturated rings. The van der Waals surface area contributed by atoms with E-state index in [2.05, 4.69) is 0 Å². The molecule has 1 aromatic rings. The van der Waals surface area contributed by atoms with Gasteiger partial charge in [0.15, 0.2) is 0 Å². The van der Waals surface area contributed by atoms with Crippen LogP contribution in [0.15, 0.2) is 12.1 Å². The Balaban J connectivity index is 3.53. The first-order valence-corrected chi connectivity index (χ1v) is 4.92. The van der Waals surface area contributed by atoms with E-state index in [4.69, 9.17) is 5.73 Å². The average molecular weight is 226 g/mol. The maximum absolute atomic E-state index is 11.0. The Bertz CT molecular complexity index is 424. The zero-order valence-corrected chi connectivity index (χ0v) is 9.60. The van der Waals surface area contributed by atoms with Gasteiger partial charge in [-0.25, -0.2) is 5.21 Å². The van der Waals surface area contributed by atoms with Crippen LogP contribution in [0.2, 0.25) is 0 Å².